The molecule has 0 unspecified atom stereocenters. The maximum atomic E-state index is 13.2. The molecule has 0 saturated carbocycles. The molecule has 0 fully saturated rings. The van der Waals surface area contributed by atoms with Crippen LogP contribution in [0.25, 0.3) is 6.08 Å². The lowest BCUT2D eigenvalue weighted by Gasteiger charge is -1.99. The maximum Gasteiger partial charge on any atom is 0.130 e. The van der Waals surface area contributed by atoms with Crippen LogP contribution in [0, 0.1) is 5.82 Å². The van der Waals surface area contributed by atoms with Crippen LogP contribution >= 0.6 is 0 Å². The summed E-state index contributed by atoms with van der Waals surface area (Å²) >= 11 is 0. The van der Waals surface area contributed by atoms with Crippen LogP contribution in [0.4, 0.5) is 4.39 Å². The summed E-state index contributed by atoms with van der Waals surface area (Å²) in [5, 5.41) is 8.74. The largest absolute Gasteiger partial charge is 0.392 e. The first-order valence-corrected chi connectivity index (χ1v) is 4.27. The second kappa shape index (κ2) is 5.29. The number of allylic oxidation sites excluding steroid dienone is 1. The molecule has 3 heteroatoms. The Kier molecular flexibility index (Phi) is 4.01. The average molecular weight is 194 g/mol. The van der Waals surface area contributed by atoms with E-state index in [4.69, 9.17) is 5.11 Å². The van der Waals surface area contributed by atoms with Crippen molar-refractivity contribution in [3.05, 3.63) is 41.2 Å². The molecule has 0 heterocycles. The van der Waals surface area contributed by atoms with E-state index < -0.39 is 5.82 Å². The van der Waals surface area contributed by atoms with Crippen LogP contribution in [0.1, 0.15) is 17.5 Å². The van der Waals surface area contributed by atoms with Crippen molar-refractivity contribution in [2.75, 3.05) is 0 Å². The molecule has 0 radical (unpaired) electrons. The van der Waals surface area contributed by atoms with Gasteiger partial charge in [-0.2, -0.15) is 0 Å². The van der Waals surface area contributed by atoms with Crippen molar-refractivity contribution >= 4 is 12.4 Å². The minimum absolute atomic E-state index is 0.171. The number of hydrogen-bond acceptors (Lipinski definition) is 2. The maximum absolute atomic E-state index is 13.2. The van der Waals surface area contributed by atoms with Gasteiger partial charge in [-0.15, -0.1) is 0 Å². The van der Waals surface area contributed by atoms with E-state index in [0.29, 0.717) is 11.1 Å². The third-order valence-electron chi connectivity index (χ3n) is 1.78. The first-order chi connectivity index (χ1) is 6.77. The molecule has 0 aliphatic rings. The predicted molar refractivity (Wildman–Crippen MR) is 52.0 cm³/mol. The normalized spacial score (nSPS) is 10.7. The zero-order valence-electron chi connectivity index (χ0n) is 7.61. The molecule has 0 aliphatic heterocycles. The van der Waals surface area contributed by atoms with Crippen molar-refractivity contribution in [3.8, 4) is 0 Å². The lowest BCUT2D eigenvalue weighted by Crippen LogP contribution is -1.87. The quantitative estimate of drug-likeness (QED) is 0.743. The van der Waals surface area contributed by atoms with Crippen LogP contribution < -0.4 is 0 Å². The Hall–Kier alpha value is -1.48. The lowest BCUT2D eigenvalue weighted by atomic mass is 10.1. The summed E-state index contributed by atoms with van der Waals surface area (Å²) in [5.41, 5.74) is 0.957. The summed E-state index contributed by atoms with van der Waals surface area (Å²) in [6.07, 6.45) is 4.16. The number of carbonyl (C=O) groups excluding carboxylic acids is 1. The molecule has 14 heavy (non-hydrogen) atoms. The monoisotopic (exact) mass is 194 g/mol. The molecule has 0 saturated heterocycles. The van der Waals surface area contributed by atoms with Gasteiger partial charge in [-0.05, 0) is 11.6 Å². The van der Waals surface area contributed by atoms with Crippen LogP contribution in [0.15, 0.2) is 24.3 Å². The molecule has 1 aromatic rings. The second-order valence-corrected chi connectivity index (χ2v) is 2.82. The summed E-state index contributed by atoms with van der Waals surface area (Å²) in [6.45, 7) is -0.171. The number of halogens is 1. The first kappa shape index (κ1) is 10.6. The topological polar surface area (TPSA) is 37.3 Å². The highest BCUT2D eigenvalue weighted by atomic mass is 19.1. The fourth-order valence-electron chi connectivity index (χ4n) is 1.05. The van der Waals surface area contributed by atoms with Crippen molar-refractivity contribution in [3.63, 3.8) is 0 Å². The molecule has 0 spiro atoms. The summed E-state index contributed by atoms with van der Waals surface area (Å²) in [5.74, 6) is -0.390. The number of hydrogen-bond donors (Lipinski definition) is 1. The zero-order valence-corrected chi connectivity index (χ0v) is 7.61. The Labute approximate surface area is 81.7 Å². The van der Waals surface area contributed by atoms with Crippen molar-refractivity contribution in [2.45, 2.75) is 13.0 Å². The molecular weight excluding hydrogens is 183 g/mol. The Bertz CT molecular complexity index is 345. The van der Waals surface area contributed by atoms with Gasteiger partial charge in [0.2, 0.25) is 0 Å². The number of rotatable bonds is 4. The van der Waals surface area contributed by atoms with Gasteiger partial charge in [-0.1, -0.05) is 24.3 Å². The molecule has 2 nitrogen and oxygen atoms in total. The lowest BCUT2D eigenvalue weighted by molar-refractivity contribution is -0.107. The Morgan fingerprint density at radius 2 is 2.21 bits per heavy atom. The van der Waals surface area contributed by atoms with Crippen LogP contribution in [-0.4, -0.2) is 11.4 Å². The minimum atomic E-state index is -0.390. The van der Waals surface area contributed by atoms with Gasteiger partial charge in [0.15, 0.2) is 0 Å². The van der Waals surface area contributed by atoms with E-state index in [1.807, 2.05) is 0 Å². The number of benzene rings is 1. The van der Waals surface area contributed by atoms with Gasteiger partial charge in [0.25, 0.3) is 0 Å². The molecule has 1 N–H and O–H groups in total. The Morgan fingerprint density at radius 1 is 1.43 bits per heavy atom. The van der Waals surface area contributed by atoms with Gasteiger partial charge in [-0.25, -0.2) is 4.39 Å². The van der Waals surface area contributed by atoms with Crippen LogP contribution in [-0.2, 0) is 11.4 Å². The molecule has 0 bridgehead atoms. The van der Waals surface area contributed by atoms with E-state index in [1.54, 1.807) is 24.3 Å². The van der Waals surface area contributed by atoms with E-state index in [0.717, 1.165) is 6.29 Å². The second-order valence-electron chi connectivity index (χ2n) is 2.82. The van der Waals surface area contributed by atoms with E-state index >= 15 is 0 Å². The summed E-state index contributed by atoms with van der Waals surface area (Å²) < 4.78 is 13.2. The highest BCUT2D eigenvalue weighted by Gasteiger charge is 1.99. The van der Waals surface area contributed by atoms with Gasteiger partial charge in [0.1, 0.15) is 12.1 Å². The Morgan fingerprint density at radius 3 is 2.79 bits per heavy atom. The number of aliphatic hydroxyl groups excluding tert-OH is 1. The smallest absolute Gasteiger partial charge is 0.130 e. The fourth-order valence-corrected chi connectivity index (χ4v) is 1.05. The number of carbonyl (C=O) groups is 1. The molecule has 0 aromatic heterocycles. The number of aliphatic hydroxyl groups is 1. The standard InChI is InChI=1S/C11H11FO2/c12-11-7-9(8-14)4-5-10(11)3-1-2-6-13/h1,3-7,14H,2,8H2. The predicted octanol–water partition coefficient (Wildman–Crippen LogP) is 1.92. The molecule has 0 amide bonds. The SMILES string of the molecule is O=CCC=Cc1ccc(CO)cc1F. The van der Waals surface area contributed by atoms with Gasteiger partial charge in [0, 0.05) is 12.0 Å². The third kappa shape index (κ3) is 2.78. The molecule has 1 rings (SSSR count). The number of aldehydes is 1. The van der Waals surface area contributed by atoms with Crippen LogP contribution in [0.5, 0.6) is 0 Å². The molecule has 0 aliphatic carbocycles. The van der Waals surface area contributed by atoms with Crippen molar-refractivity contribution in [2.24, 2.45) is 0 Å². The molecular formula is C11H11FO2. The highest BCUT2D eigenvalue weighted by molar-refractivity contribution is 5.58. The first-order valence-electron chi connectivity index (χ1n) is 4.27. The van der Waals surface area contributed by atoms with Crippen molar-refractivity contribution in [1.82, 2.24) is 0 Å². The van der Waals surface area contributed by atoms with Gasteiger partial charge in [0.05, 0.1) is 6.61 Å². The third-order valence-corrected chi connectivity index (χ3v) is 1.78. The summed E-state index contributed by atoms with van der Waals surface area (Å²) in [6, 6.07) is 4.49. The Balaban J connectivity index is 2.83. The summed E-state index contributed by atoms with van der Waals surface area (Å²) in [4.78, 5) is 10.0. The molecule has 0 atom stereocenters. The van der Waals surface area contributed by atoms with E-state index in [9.17, 15) is 9.18 Å². The van der Waals surface area contributed by atoms with E-state index in [-0.39, 0.29) is 13.0 Å². The highest BCUT2D eigenvalue weighted by Crippen LogP contribution is 2.12. The molecule has 1 aromatic carbocycles. The minimum Gasteiger partial charge on any atom is -0.392 e. The van der Waals surface area contributed by atoms with E-state index in [2.05, 4.69) is 0 Å². The average Bonchev–Trinajstić information content (AvgIpc) is 2.20. The fraction of sp³-hybridized carbons (Fsp3) is 0.182. The van der Waals surface area contributed by atoms with Crippen molar-refractivity contribution < 1.29 is 14.3 Å². The van der Waals surface area contributed by atoms with Crippen LogP contribution in [0.3, 0.4) is 0 Å². The van der Waals surface area contributed by atoms with Crippen molar-refractivity contribution in [1.29, 1.82) is 0 Å². The van der Waals surface area contributed by atoms with Gasteiger partial charge >= 0.3 is 0 Å². The van der Waals surface area contributed by atoms with Gasteiger partial charge < -0.3 is 9.90 Å². The summed E-state index contributed by atoms with van der Waals surface area (Å²) in [7, 11) is 0. The van der Waals surface area contributed by atoms with Crippen LogP contribution in [0.2, 0.25) is 0 Å². The van der Waals surface area contributed by atoms with Gasteiger partial charge in [-0.3, -0.25) is 0 Å². The zero-order chi connectivity index (χ0) is 10.4. The van der Waals surface area contributed by atoms with E-state index in [1.165, 1.54) is 6.07 Å². The molecule has 74 valence electrons.